The summed E-state index contributed by atoms with van der Waals surface area (Å²) in [6, 6.07) is 5.30. The molecule has 0 aliphatic carbocycles. The Morgan fingerprint density at radius 1 is 1.50 bits per heavy atom. The minimum absolute atomic E-state index is 0. The third-order valence-corrected chi connectivity index (χ3v) is 2.40. The van der Waals surface area contributed by atoms with Crippen LogP contribution in [0.15, 0.2) is 18.2 Å². The lowest BCUT2D eigenvalue weighted by molar-refractivity contribution is 0.340. The summed E-state index contributed by atoms with van der Waals surface area (Å²) in [6.07, 6.45) is 1.06. The predicted molar refractivity (Wildman–Crippen MR) is 55.6 cm³/mol. The van der Waals surface area contributed by atoms with Crippen molar-refractivity contribution in [1.82, 2.24) is 5.32 Å². The van der Waals surface area contributed by atoms with Crippen LogP contribution in [-0.2, 0) is 0 Å². The first-order chi connectivity index (χ1) is 6.33. The number of hydrogen-bond acceptors (Lipinski definition) is 2. The van der Waals surface area contributed by atoms with E-state index >= 15 is 0 Å². The van der Waals surface area contributed by atoms with Crippen LogP contribution in [0.3, 0.4) is 0 Å². The van der Waals surface area contributed by atoms with E-state index in [1.165, 1.54) is 13.2 Å². The fourth-order valence-corrected chi connectivity index (χ4v) is 1.57. The van der Waals surface area contributed by atoms with E-state index in [2.05, 4.69) is 5.32 Å². The minimum Gasteiger partial charge on any atom is -0.493 e. The maximum absolute atomic E-state index is 13.2. The van der Waals surface area contributed by atoms with E-state index in [4.69, 9.17) is 4.74 Å². The average Bonchev–Trinajstić information content (AvgIpc) is 2.01. The lowest BCUT2D eigenvalue weighted by Crippen LogP contribution is -2.35. The maximum atomic E-state index is 13.2. The maximum Gasteiger partial charge on any atom is 0.165 e. The zero-order chi connectivity index (χ0) is 9.26. The molecule has 78 valence electrons. The molecule has 14 heavy (non-hydrogen) atoms. The van der Waals surface area contributed by atoms with E-state index in [1.807, 2.05) is 6.07 Å². The molecule has 0 aromatic heterocycles. The van der Waals surface area contributed by atoms with Crippen molar-refractivity contribution in [2.45, 2.75) is 12.5 Å². The van der Waals surface area contributed by atoms with Crippen LogP contribution in [0, 0.1) is 5.82 Å². The van der Waals surface area contributed by atoms with Crippen molar-refractivity contribution in [2.24, 2.45) is 0 Å². The molecule has 0 bridgehead atoms. The van der Waals surface area contributed by atoms with Gasteiger partial charge in [-0.1, -0.05) is 12.1 Å². The Bertz CT molecular complexity index is 315. The van der Waals surface area contributed by atoms with Crippen molar-refractivity contribution in [1.29, 1.82) is 0 Å². The Labute approximate surface area is 88.9 Å². The topological polar surface area (TPSA) is 21.3 Å². The first kappa shape index (κ1) is 11.3. The molecule has 1 atom stereocenters. The third-order valence-electron chi connectivity index (χ3n) is 2.40. The summed E-state index contributed by atoms with van der Waals surface area (Å²) >= 11 is 0. The molecule has 2 nitrogen and oxygen atoms in total. The molecule has 2 rings (SSSR count). The van der Waals surface area contributed by atoms with E-state index in [0.29, 0.717) is 5.75 Å². The van der Waals surface area contributed by atoms with Crippen LogP contribution in [0.4, 0.5) is 4.39 Å². The zero-order valence-corrected chi connectivity index (χ0v) is 8.73. The average molecular weight is 218 g/mol. The lowest BCUT2D eigenvalue weighted by Gasteiger charge is -2.29. The number of nitrogens with one attached hydrogen (secondary N) is 1. The summed E-state index contributed by atoms with van der Waals surface area (Å²) in [5, 5.41) is 3.22. The summed E-state index contributed by atoms with van der Waals surface area (Å²) in [7, 11) is 1.50. The highest BCUT2D eigenvalue weighted by molar-refractivity contribution is 5.85. The fourth-order valence-electron chi connectivity index (χ4n) is 1.57. The zero-order valence-electron chi connectivity index (χ0n) is 7.92. The van der Waals surface area contributed by atoms with Crippen molar-refractivity contribution in [3.05, 3.63) is 29.6 Å². The van der Waals surface area contributed by atoms with Gasteiger partial charge in [0.25, 0.3) is 0 Å². The first-order valence-corrected chi connectivity index (χ1v) is 4.38. The molecule has 0 unspecified atom stereocenters. The van der Waals surface area contributed by atoms with E-state index < -0.39 is 0 Å². The Hall–Kier alpha value is -0.800. The molecular formula is C10H13ClFNO. The van der Waals surface area contributed by atoms with Crippen LogP contribution in [-0.4, -0.2) is 13.7 Å². The Morgan fingerprint density at radius 3 is 2.71 bits per heavy atom. The molecule has 0 saturated carbocycles. The van der Waals surface area contributed by atoms with Crippen molar-refractivity contribution in [3.63, 3.8) is 0 Å². The molecule has 0 radical (unpaired) electrons. The SMILES string of the molecule is COc1c(F)cccc1[C@@H]1CCN1.Cl. The normalized spacial score (nSPS) is 19.4. The second kappa shape index (κ2) is 4.62. The molecule has 1 heterocycles. The van der Waals surface area contributed by atoms with Crippen molar-refractivity contribution in [3.8, 4) is 5.75 Å². The molecule has 1 aromatic carbocycles. The second-order valence-electron chi connectivity index (χ2n) is 3.16. The van der Waals surface area contributed by atoms with Crippen molar-refractivity contribution in [2.75, 3.05) is 13.7 Å². The number of benzene rings is 1. The van der Waals surface area contributed by atoms with Gasteiger partial charge in [-0.15, -0.1) is 12.4 Å². The van der Waals surface area contributed by atoms with Gasteiger partial charge in [-0.2, -0.15) is 0 Å². The summed E-state index contributed by atoms with van der Waals surface area (Å²) in [5.74, 6) is 0.0911. The van der Waals surface area contributed by atoms with Crippen molar-refractivity contribution >= 4 is 12.4 Å². The molecule has 1 saturated heterocycles. The third kappa shape index (κ3) is 1.83. The van der Waals surface area contributed by atoms with Crippen LogP contribution in [0.1, 0.15) is 18.0 Å². The molecule has 0 amide bonds. The number of rotatable bonds is 2. The smallest absolute Gasteiger partial charge is 0.165 e. The van der Waals surface area contributed by atoms with Gasteiger partial charge in [-0.05, 0) is 19.0 Å². The van der Waals surface area contributed by atoms with Gasteiger partial charge >= 0.3 is 0 Å². The van der Waals surface area contributed by atoms with Crippen LogP contribution < -0.4 is 10.1 Å². The van der Waals surface area contributed by atoms with Crippen LogP contribution in [0.5, 0.6) is 5.75 Å². The molecule has 1 N–H and O–H groups in total. The highest BCUT2D eigenvalue weighted by Crippen LogP contribution is 2.32. The van der Waals surface area contributed by atoms with Crippen LogP contribution >= 0.6 is 12.4 Å². The van der Waals surface area contributed by atoms with Gasteiger partial charge in [0.05, 0.1) is 7.11 Å². The van der Waals surface area contributed by atoms with Crippen LogP contribution in [0.25, 0.3) is 0 Å². The van der Waals surface area contributed by atoms with Crippen molar-refractivity contribution < 1.29 is 9.13 Å². The molecule has 1 aliphatic heterocycles. The largest absolute Gasteiger partial charge is 0.493 e. The van der Waals surface area contributed by atoms with Gasteiger partial charge < -0.3 is 10.1 Å². The van der Waals surface area contributed by atoms with Gasteiger partial charge in [-0.25, -0.2) is 4.39 Å². The number of ether oxygens (including phenoxy) is 1. The molecule has 1 aromatic rings. The summed E-state index contributed by atoms with van der Waals surface area (Å²) < 4.78 is 18.2. The quantitative estimate of drug-likeness (QED) is 0.821. The number of para-hydroxylation sites is 1. The van der Waals surface area contributed by atoms with Gasteiger partial charge in [0.15, 0.2) is 11.6 Å². The standard InChI is InChI=1S/C10H12FNO.ClH/c1-13-10-7(9-5-6-12-9)3-2-4-8(10)11;/h2-4,9,12H,5-6H2,1H3;1H/t9-;/m0./s1. The molecule has 4 heteroatoms. The minimum atomic E-state index is -0.284. The van der Waals surface area contributed by atoms with Gasteiger partial charge in [0.2, 0.25) is 0 Å². The van der Waals surface area contributed by atoms with E-state index in [1.54, 1.807) is 6.07 Å². The fraction of sp³-hybridized carbons (Fsp3) is 0.400. The molecular weight excluding hydrogens is 205 g/mol. The highest BCUT2D eigenvalue weighted by Gasteiger charge is 2.23. The van der Waals surface area contributed by atoms with E-state index in [9.17, 15) is 4.39 Å². The molecule has 1 aliphatic rings. The summed E-state index contributed by atoms with van der Waals surface area (Å²) in [5.41, 5.74) is 0.925. The Morgan fingerprint density at radius 2 is 2.21 bits per heavy atom. The predicted octanol–water partition coefficient (Wildman–Crippen LogP) is 2.29. The van der Waals surface area contributed by atoms with Gasteiger partial charge in [0, 0.05) is 11.6 Å². The number of halogens is 2. The number of methoxy groups -OCH3 is 1. The highest BCUT2D eigenvalue weighted by atomic mass is 35.5. The summed E-state index contributed by atoms with van der Waals surface area (Å²) in [6.45, 7) is 1.00. The first-order valence-electron chi connectivity index (χ1n) is 4.38. The molecule has 1 fully saturated rings. The van der Waals surface area contributed by atoms with Gasteiger partial charge in [0.1, 0.15) is 0 Å². The van der Waals surface area contributed by atoms with Gasteiger partial charge in [-0.3, -0.25) is 0 Å². The van der Waals surface area contributed by atoms with E-state index in [-0.39, 0.29) is 24.3 Å². The Kier molecular flexibility index (Phi) is 3.72. The monoisotopic (exact) mass is 217 g/mol. The number of hydrogen-bond donors (Lipinski definition) is 1. The molecule has 0 spiro atoms. The van der Waals surface area contributed by atoms with Crippen LogP contribution in [0.2, 0.25) is 0 Å². The summed E-state index contributed by atoms with van der Waals surface area (Å²) in [4.78, 5) is 0. The second-order valence-corrected chi connectivity index (χ2v) is 3.16. The lowest BCUT2D eigenvalue weighted by atomic mass is 9.97. The van der Waals surface area contributed by atoms with E-state index in [0.717, 1.165) is 18.5 Å². The Balaban J connectivity index is 0.000000980.